The van der Waals surface area contributed by atoms with Gasteiger partial charge in [0, 0.05) is 27.9 Å². The number of benzene rings is 4. The molecule has 2 aromatic heterocycles. The third-order valence-electron chi connectivity index (χ3n) is 8.71. The van der Waals surface area contributed by atoms with Crippen LogP contribution in [0.25, 0.3) is 51.1 Å². The molecule has 0 atom stereocenters. The molecule has 0 unspecified atom stereocenters. The number of hydrogen-bond donors (Lipinski definition) is 0. The van der Waals surface area contributed by atoms with Crippen molar-refractivity contribution in [1.29, 1.82) is 0 Å². The van der Waals surface area contributed by atoms with E-state index in [1.807, 2.05) is 24.3 Å². The highest BCUT2D eigenvalue weighted by molar-refractivity contribution is 5.91. The zero-order valence-corrected chi connectivity index (χ0v) is 26.1. The van der Waals surface area contributed by atoms with Crippen molar-refractivity contribution in [2.24, 2.45) is 5.92 Å². The number of para-hydroxylation sites is 1. The Morgan fingerprint density at radius 3 is 1.91 bits per heavy atom. The lowest BCUT2D eigenvalue weighted by Crippen LogP contribution is -2.10. The Hall–Kier alpha value is -4.96. The van der Waals surface area contributed by atoms with Crippen molar-refractivity contribution in [3.8, 4) is 34.2 Å². The molecule has 0 fully saturated rings. The number of rotatable bonds is 5. The largest absolute Gasteiger partial charge is 0.310 e. The first-order chi connectivity index (χ1) is 21.3. The Balaban J connectivity index is 1.37. The van der Waals surface area contributed by atoms with Gasteiger partial charge >= 0.3 is 0 Å². The summed E-state index contributed by atoms with van der Waals surface area (Å²) in [5, 5.41) is 10.7. The van der Waals surface area contributed by atoms with Crippen molar-refractivity contribution in [3.05, 3.63) is 138 Å². The first kappa shape index (κ1) is 27.8. The van der Waals surface area contributed by atoms with E-state index >= 15 is 0 Å². The zero-order valence-electron chi connectivity index (χ0n) is 26.1. The minimum atomic E-state index is 0.0810. The normalized spacial score (nSPS) is 13.3. The highest BCUT2D eigenvalue weighted by atomic mass is 15.3. The maximum absolute atomic E-state index is 4.71. The second kappa shape index (κ2) is 10.9. The molecule has 0 radical (unpaired) electrons. The number of aromatic nitrogens is 4. The highest BCUT2D eigenvalue weighted by Crippen LogP contribution is 2.37. The summed E-state index contributed by atoms with van der Waals surface area (Å²) in [4.78, 5) is 0. The van der Waals surface area contributed by atoms with E-state index < -0.39 is 0 Å². The van der Waals surface area contributed by atoms with Gasteiger partial charge in [0.2, 0.25) is 0 Å². The summed E-state index contributed by atoms with van der Waals surface area (Å²) >= 11 is 0. The number of hydrogen-bond acceptors (Lipinski definition) is 2. The van der Waals surface area contributed by atoms with Crippen molar-refractivity contribution in [2.45, 2.75) is 46.5 Å². The van der Waals surface area contributed by atoms with E-state index in [-0.39, 0.29) is 5.41 Å². The maximum Gasteiger partial charge on any atom is 0.168 e. The molecule has 4 nitrogen and oxygen atoms in total. The standard InChI is InChI=1S/C40H38N4/c1-27(2)28-18-23-34-35-26-31(40(3,4)5)20-25-37(35)43(36(34)24-19-28)33-21-16-30(17-22-33)39-42-41-38(29-12-8-6-9-13-29)44(39)32-14-10-7-11-15-32/h6-22,24-27H,23H2,1-5H3. The van der Waals surface area contributed by atoms with Crippen LogP contribution < -0.4 is 0 Å². The summed E-state index contributed by atoms with van der Waals surface area (Å²) in [6.07, 6.45) is 7.95. The van der Waals surface area contributed by atoms with Gasteiger partial charge in [-0.15, -0.1) is 10.2 Å². The topological polar surface area (TPSA) is 35.6 Å². The van der Waals surface area contributed by atoms with Gasteiger partial charge in [0.25, 0.3) is 0 Å². The third-order valence-corrected chi connectivity index (χ3v) is 8.71. The molecule has 0 N–H and O–H groups in total. The van der Waals surface area contributed by atoms with E-state index in [9.17, 15) is 0 Å². The van der Waals surface area contributed by atoms with E-state index in [1.165, 1.54) is 33.3 Å². The molecule has 4 aromatic carbocycles. The van der Waals surface area contributed by atoms with Crippen LogP contribution in [-0.2, 0) is 11.8 Å². The molecule has 0 aliphatic heterocycles. The van der Waals surface area contributed by atoms with Gasteiger partial charge in [0.15, 0.2) is 11.6 Å². The third kappa shape index (κ3) is 4.90. The van der Waals surface area contributed by atoms with Gasteiger partial charge in [-0.1, -0.05) is 101 Å². The second-order valence-corrected chi connectivity index (χ2v) is 13.0. The van der Waals surface area contributed by atoms with Gasteiger partial charge in [0.1, 0.15) is 0 Å². The molecule has 218 valence electrons. The van der Waals surface area contributed by atoms with Crippen LogP contribution in [0, 0.1) is 5.92 Å². The minimum absolute atomic E-state index is 0.0810. The maximum atomic E-state index is 4.71. The predicted molar refractivity (Wildman–Crippen MR) is 183 cm³/mol. The Bertz CT molecular complexity index is 2010. The molecule has 7 rings (SSSR count). The SMILES string of the molecule is CC(C)C1=CCc2c(n(-c3ccc(-c4nnc(-c5ccccc5)n4-c4ccccc4)cc3)c3ccc(C(C)(C)C)cc23)C=C1. The summed E-state index contributed by atoms with van der Waals surface area (Å²) < 4.78 is 4.57. The smallest absolute Gasteiger partial charge is 0.168 e. The van der Waals surface area contributed by atoms with Gasteiger partial charge in [-0.25, -0.2) is 0 Å². The van der Waals surface area contributed by atoms with Crippen LogP contribution in [0.2, 0.25) is 0 Å². The van der Waals surface area contributed by atoms with Gasteiger partial charge in [-0.05, 0) is 89.1 Å². The molecular formula is C40H38N4. The average molecular weight is 575 g/mol. The fourth-order valence-electron chi connectivity index (χ4n) is 6.23. The molecule has 0 saturated heterocycles. The van der Waals surface area contributed by atoms with Gasteiger partial charge < -0.3 is 4.57 Å². The number of fused-ring (bicyclic) bond motifs is 3. The molecule has 1 aliphatic rings. The summed E-state index contributed by atoms with van der Waals surface area (Å²) in [6.45, 7) is 11.4. The van der Waals surface area contributed by atoms with Crippen LogP contribution in [-0.4, -0.2) is 19.3 Å². The quantitative estimate of drug-likeness (QED) is 0.205. The van der Waals surface area contributed by atoms with Crippen molar-refractivity contribution in [2.75, 3.05) is 0 Å². The van der Waals surface area contributed by atoms with E-state index in [1.54, 1.807) is 0 Å². The number of nitrogens with zero attached hydrogens (tertiary/aromatic N) is 4. The molecule has 4 heteroatoms. The van der Waals surface area contributed by atoms with Gasteiger partial charge in [-0.2, -0.15) is 0 Å². The minimum Gasteiger partial charge on any atom is -0.310 e. The average Bonchev–Trinajstić information content (AvgIpc) is 3.53. The summed E-state index contributed by atoms with van der Waals surface area (Å²) in [6, 6.07) is 36.4. The van der Waals surface area contributed by atoms with Crippen molar-refractivity contribution in [3.63, 3.8) is 0 Å². The Morgan fingerprint density at radius 2 is 1.27 bits per heavy atom. The second-order valence-electron chi connectivity index (χ2n) is 13.0. The van der Waals surface area contributed by atoms with Crippen LogP contribution >= 0.6 is 0 Å². The lowest BCUT2D eigenvalue weighted by molar-refractivity contribution is 0.591. The molecule has 6 aromatic rings. The van der Waals surface area contributed by atoms with E-state index in [2.05, 4.69) is 146 Å². The van der Waals surface area contributed by atoms with Crippen LogP contribution in [0.1, 0.15) is 51.4 Å². The summed E-state index contributed by atoms with van der Waals surface area (Å²) in [5.74, 6) is 2.13. The molecule has 2 heterocycles. The van der Waals surface area contributed by atoms with Gasteiger partial charge in [-0.3, -0.25) is 4.57 Å². The molecule has 1 aliphatic carbocycles. The first-order valence-electron chi connectivity index (χ1n) is 15.5. The Morgan fingerprint density at radius 1 is 0.659 bits per heavy atom. The first-order valence-corrected chi connectivity index (χ1v) is 15.5. The predicted octanol–water partition coefficient (Wildman–Crippen LogP) is 9.99. The summed E-state index contributed by atoms with van der Waals surface area (Å²) in [5.41, 5.74) is 10.9. The molecular weight excluding hydrogens is 536 g/mol. The lowest BCUT2D eigenvalue weighted by Gasteiger charge is -2.19. The van der Waals surface area contributed by atoms with Crippen LogP contribution in [0.3, 0.4) is 0 Å². The lowest BCUT2D eigenvalue weighted by atomic mass is 9.86. The number of allylic oxidation sites excluding steroid dienone is 3. The van der Waals surface area contributed by atoms with Crippen molar-refractivity contribution < 1.29 is 0 Å². The van der Waals surface area contributed by atoms with Crippen LogP contribution in [0.5, 0.6) is 0 Å². The molecule has 44 heavy (non-hydrogen) atoms. The van der Waals surface area contributed by atoms with E-state index in [0.717, 1.165) is 40.6 Å². The van der Waals surface area contributed by atoms with E-state index in [0.29, 0.717) is 5.92 Å². The van der Waals surface area contributed by atoms with E-state index in [4.69, 9.17) is 5.10 Å². The molecule has 0 bridgehead atoms. The fourth-order valence-corrected chi connectivity index (χ4v) is 6.23. The Kier molecular flexibility index (Phi) is 6.93. The van der Waals surface area contributed by atoms with Crippen LogP contribution in [0.4, 0.5) is 0 Å². The van der Waals surface area contributed by atoms with Crippen LogP contribution in [0.15, 0.2) is 121 Å². The highest BCUT2D eigenvalue weighted by Gasteiger charge is 2.22. The molecule has 0 amide bonds. The summed E-state index contributed by atoms with van der Waals surface area (Å²) in [7, 11) is 0. The van der Waals surface area contributed by atoms with Crippen molar-refractivity contribution in [1.82, 2.24) is 19.3 Å². The molecule has 0 saturated carbocycles. The Labute approximate surface area is 260 Å². The monoisotopic (exact) mass is 574 g/mol. The molecule has 0 spiro atoms. The fraction of sp³-hybridized carbons (Fsp3) is 0.200. The van der Waals surface area contributed by atoms with Crippen molar-refractivity contribution >= 4 is 17.0 Å². The van der Waals surface area contributed by atoms with Gasteiger partial charge in [0.05, 0.1) is 11.2 Å². The zero-order chi connectivity index (χ0) is 30.4.